The van der Waals surface area contributed by atoms with Crippen molar-refractivity contribution in [3.05, 3.63) is 40.1 Å². The summed E-state index contributed by atoms with van der Waals surface area (Å²) in [4.78, 5) is 22.9. The minimum absolute atomic E-state index is 0.150. The van der Waals surface area contributed by atoms with E-state index in [1.54, 1.807) is 22.7 Å². The Morgan fingerprint density at radius 3 is 2.46 bits per heavy atom. The highest BCUT2D eigenvalue weighted by atomic mass is 32.2. The van der Waals surface area contributed by atoms with E-state index in [2.05, 4.69) is 21.8 Å². The quantitative estimate of drug-likeness (QED) is 0.478. The zero-order chi connectivity index (χ0) is 25.2. The molecule has 1 aromatic carbocycles. The summed E-state index contributed by atoms with van der Waals surface area (Å²) in [6.45, 7) is 11.5. The number of piperazine rings is 1. The lowest BCUT2D eigenvalue weighted by Gasteiger charge is -2.33. The number of aromatic nitrogens is 4. The van der Waals surface area contributed by atoms with Gasteiger partial charge in [0.15, 0.2) is 11.3 Å². The Labute approximate surface area is 206 Å². The molecule has 1 aliphatic rings. The summed E-state index contributed by atoms with van der Waals surface area (Å²) >= 11 is 0. The fraction of sp³-hybridized carbons (Fsp3) is 0.542. The minimum Gasteiger partial charge on any atom is -0.493 e. The maximum Gasteiger partial charge on any atom is 0.277 e. The Morgan fingerprint density at radius 2 is 1.83 bits per heavy atom. The number of hydrogen-bond acceptors (Lipinski definition) is 7. The molecule has 35 heavy (non-hydrogen) atoms. The summed E-state index contributed by atoms with van der Waals surface area (Å²) in [6, 6.07) is 4.74. The predicted molar refractivity (Wildman–Crippen MR) is 134 cm³/mol. The number of hydrogen-bond donors (Lipinski definition) is 1. The molecule has 2 aromatic heterocycles. The number of benzene rings is 1. The van der Waals surface area contributed by atoms with Crippen molar-refractivity contribution in [2.45, 2.75) is 51.9 Å². The largest absolute Gasteiger partial charge is 0.493 e. The van der Waals surface area contributed by atoms with E-state index < -0.39 is 10.0 Å². The molecule has 1 fully saturated rings. The second-order valence-corrected chi connectivity index (χ2v) is 10.5. The molecule has 0 atom stereocenters. The molecule has 0 unspecified atom stereocenters. The van der Waals surface area contributed by atoms with Gasteiger partial charge in [-0.15, -0.1) is 5.10 Å². The van der Waals surface area contributed by atoms with Crippen molar-refractivity contribution in [3.8, 4) is 17.1 Å². The lowest BCUT2D eigenvalue weighted by molar-refractivity contribution is 0.196. The zero-order valence-electron chi connectivity index (χ0n) is 20.9. The van der Waals surface area contributed by atoms with Crippen LogP contribution in [0.5, 0.6) is 5.75 Å². The van der Waals surface area contributed by atoms with Crippen LogP contribution >= 0.6 is 0 Å². The first-order valence-corrected chi connectivity index (χ1v) is 13.8. The van der Waals surface area contributed by atoms with Gasteiger partial charge >= 0.3 is 0 Å². The van der Waals surface area contributed by atoms with E-state index in [-0.39, 0.29) is 16.3 Å². The number of likely N-dealkylation sites (N-methyl/N-ethyl adjacent to an activating group) is 1. The van der Waals surface area contributed by atoms with E-state index in [0.717, 1.165) is 13.0 Å². The average Bonchev–Trinajstić information content (AvgIpc) is 3.22. The molecule has 1 N–H and O–H groups in total. The van der Waals surface area contributed by atoms with Crippen LogP contribution in [0.1, 0.15) is 45.6 Å². The molecular weight excluding hydrogens is 468 g/mol. The Bertz CT molecular complexity index is 1360. The van der Waals surface area contributed by atoms with Crippen LogP contribution in [0.3, 0.4) is 0 Å². The predicted octanol–water partition coefficient (Wildman–Crippen LogP) is 2.32. The molecule has 0 saturated carbocycles. The van der Waals surface area contributed by atoms with Crippen LogP contribution < -0.4 is 10.3 Å². The SMILES string of the molecule is CCCc1nc(CC)c2c(=O)[nH]c(-c3cc(S(=O)(=O)N4CCN(CC)CC4)ccc3OCC)nn12. The number of aromatic amines is 1. The first kappa shape index (κ1) is 25.3. The van der Waals surface area contributed by atoms with Gasteiger partial charge in [-0.1, -0.05) is 20.8 Å². The Balaban J connectivity index is 1.83. The zero-order valence-corrected chi connectivity index (χ0v) is 21.7. The number of sulfonamides is 1. The number of aryl methyl sites for hydroxylation is 2. The summed E-state index contributed by atoms with van der Waals surface area (Å²) in [5.74, 6) is 1.41. The third-order valence-electron chi connectivity index (χ3n) is 6.37. The third kappa shape index (κ3) is 4.85. The molecule has 1 aliphatic heterocycles. The summed E-state index contributed by atoms with van der Waals surface area (Å²) in [5, 5.41) is 4.70. The van der Waals surface area contributed by atoms with Gasteiger partial charge in [0.1, 0.15) is 11.6 Å². The van der Waals surface area contributed by atoms with Crippen molar-refractivity contribution in [2.75, 3.05) is 39.3 Å². The van der Waals surface area contributed by atoms with Crippen molar-refractivity contribution >= 4 is 15.5 Å². The van der Waals surface area contributed by atoms with Crippen LogP contribution in [-0.4, -0.2) is 76.5 Å². The first-order chi connectivity index (χ1) is 16.8. The van der Waals surface area contributed by atoms with Crippen LogP contribution in [0.2, 0.25) is 0 Å². The van der Waals surface area contributed by atoms with Gasteiger partial charge in [-0.25, -0.2) is 17.9 Å². The Morgan fingerprint density at radius 1 is 1.09 bits per heavy atom. The van der Waals surface area contributed by atoms with Gasteiger partial charge in [0.2, 0.25) is 10.0 Å². The molecule has 0 aliphatic carbocycles. The maximum absolute atomic E-state index is 13.5. The molecule has 190 valence electrons. The summed E-state index contributed by atoms with van der Waals surface area (Å²) < 4.78 is 35.8. The van der Waals surface area contributed by atoms with E-state index in [4.69, 9.17) is 9.84 Å². The summed E-state index contributed by atoms with van der Waals surface area (Å²) in [5.41, 5.74) is 1.23. The second kappa shape index (κ2) is 10.5. The molecule has 10 nitrogen and oxygen atoms in total. The van der Waals surface area contributed by atoms with Crippen LogP contribution in [0.4, 0.5) is 0 Å². The molecular formula is C24H34N6O4S. The number of fused-ring (bicyclic) bond motifs is 1. The molecule has 3 heterocycles. The fourth-order valence-corrected chi connectivity index (χ4v) is 5.91. The number of nitrogens with one attached hydrogen (secondary N) is 1. The van der Waals surface area contributed by atoms with E-state index in [0.29, 0.717) is 74.0 Å². The number of H-pyrrole nitrogens is 1. The molecule has 11 heteroatoms. The fourth-order valence-electron chi connectivity index (χ4n) is 4.46. The van der Waals surface area contributed by atoms with E-state index >= 15 is 0 Å². The highest BCUT2D eigenvalue weighted by Gasteiger charge is 2.29. The molecule has 0 spiro atoms. The van der Waals surface area contributed by atoms with Crippen molar-refractivity contribution in [2.24, 2.45) is 0 Å². The van der Waals surface area contributed by atoms with Gasteiger partial charge in [0.05, 0.1) is 22.8 Å². The Hall–Kier alpha value is -2.76. The highest BCUT2D eigenvalue weighted by molar-refractivity contribution is 7.89. The lowest BCUT2D eigenvalue weighted by atomic mass is 10.2. The molecule has 3 aromatic rings. The third-order valence-corrected chi connectivity index (χ3v) is 8.27. The molecule has 4 rings (SSSR count). The minimum atomic E-state index is -3.71. The van der Waals surface area contributed by atoms with Gasteiger partial charge in [-0.05, 0) is 44.5 Å². The van der Waals surface area contributed by atoms with Gasteiger partial charge in [0.25, 0.3) is 5.56 Å². The van der Waals surface area contributed by atoms with Gasteiger partial charge in [0, 0.05) is 32.6 Å². The molecule has 1 saturated heterocycles. The standard InChI is InChI=1S/C24H34N6O4S/c1-5-9-21-25-19(6-2)22-24(31)26-23(27-30(21)22)18-16-17(10-11-20(18)34-8-4)35(32,33)29-14-12-28(7-3)13-15-29/h10-11,16H,5-9,12-15H2,1-4H3,(H,26,27,31). The lowest BCUT2D eigenvalue weighted by Crippen LogP contribution is -2.48. The monoisotopic (exact) mass is 502 g/mol. The van der Waals surface area contributed by atoms with E-state index in [1.807, 2.05) is 20.8 Å². The number of rotatable bonds is 9. The van der Waals surface area contributed by atoms with Crippen LogP contribution in [0.25, 0.3) is 16.9 Å². The van der Waals surface area contributed by atoms with Crippen molar-refractivity contribution in [1.82, 2.24) is 28.8 Å². The highest BCUT2D eigenvalue weighted by Crippen LogP contribution is 2.31. The first-order valence-electron chi connectivity index (χ1n) is 12.3. The maximum atomic E-state index is 13.5. The summed E-state index contributed by atoms with van der Waals surface area (Å²) in [6.07, 6.45) is 2.14. The average molecular weight is 503 g/mol. The summed E-state index contributed by atoms with van der Waals surface area (Å²) in [7, 11) is -3.71. The molecule has 0 radical (unpaired) electrons. The van der Waals surface area contributed by atoms with Crippen LogP contribution in [0.15, 0.2) is 27.9 Å². The van der Waals surface area contributed by atoms with Crippen molar-refractivity contribution in [1.29, 1.82) is 0 Å². The molecule has 0 bridgehead atoms. The van der Waals surface area contributed by atoms with E-state index in [1.165, 1.54) is 4.31 Å². The van der Waals surface area contributed by atoms with E-state index in [9.17, 15) is 13.2 Å². The topological polar surface area (TPSA) is 113 Å². The van der Waals surface area contributed by atoms with Gasteiger partial charge in [-0.3, -0.25) is 4.79 Å². The normalized spacial score (nSPS) is 15.7. The Kier molecular flexibility index (Phi) is 7.58. The van der Waals surface area contributed by atoms with Gasteiger partial charge in [-0.2, -0.15) is 4.31 Å². The number of nitrogens with zero attached hydrogens (tertiary/aromatic N) is 5. The number of ether oxygens (including phenoxy) is 1. The van der Waals surface area contributed by atoms with Gasteiger partial charge < -0.3 is 14.6 Å². The smallest absolute Gasteiger partial charge is 0.277 e. The second-order valence-electron chi connectivity index (χ2n) is 8.57. The van der Waals surface area contributed by atoms with Crippen LogP contribution in [-0.2, 0) is 22.9 Å². The molecule has 0 amide bonds. The van der Waals surface area contributed by atoms with Crippen LogP contribution in [0, 0.1) is 0 Å². The van der Waals surface area contributed by atoms with Crippen molar-refractivity contribution < 1.29 is 13.2 Å². The van der Waals surface area contributed by atoms with Crippen molar-refractivity contribution in [3.63, 3.8) is 0 Å². The number of imidazole rings is 1.